The number of nitrogens with zero attached hydrogens (tertiary/aromatic N) is 4. The lowest BCUT2D eigenvalue weighted by Gasteiger charge is -2.19. The lowest BCUT2D eigenvalue weighted by Crippen LogP contribution is -2.24. The van der Waals surface area contributed by atoms with Crippen LogP contribution < -0.4 is 4.90 Å². The third-order valence-corrected chi connectivity index (χ3v) is 5.30. The maximum absolute atomic E-state index is 11.5. The van der Waals surface area contributed by atoms with Crippen LogP contribution in [0.15, 0.2) is 18.3 Å². The first-order valence-corrected chi connectivity index (χ1v) is 8.90. The smallest absolute Gasteiger partial charge is 0.339 e. The molecule has 1 aliphatic heterocycles. The Morgan fingerprint density at radius 1 is 1.36 bits per heavy atom. The second-order valence-electron chi connectivity index (χ2n) is 7.43. The van der Waals surface area contributed by atoms with Gasteiger partial charge in [0.25, 0.3) is 0 Å². The number of rotatable bonds is 5. The van der Waals surface area contributed by atoms with Crippen LogP contribution in [-0.2, 0) is 0 Å². The number of pyridine rings is 1. The van der Waals surface area contributed by atoms with Crippen LogP contribution >= 0.6 is 0 Å². The van der Waals surface area contributed by atoms with Gasteiger partial charge in [-0.3, -0.25) is 5.10 Å². The first-order valence-electron chi connectivity index (χ1n) is 8.90. The Bertz CT molecular complexity index is 783. The van der Waals surface area contributed by atoms with Crippen LogP contribution in [0.2, 0.25) is 0 Å². The summed E-state index contributed by atoms with van der Waals surface area (Å²) >= 11 is 0. The van der Waals surface area contributed by atoms with Gasteiger partial charge in [0.05, 0.1) is 0 Å². The number of nitrogens with one attached hydrogen (secondary N) is 1. The van der Waals surface area contributed by atoms with E-state index in [-0.39, 0.29) is 17.4 Å². The highest BCUT2D eigenvalue weighted by atomic mass is 16.4. The number of aromatic nitrogens is 4. The normalized spacial score (nSPS) is 23.4. The van der Waals surface area contributed by atoms with Crippen molar-refractivity contribution >= 4 is 11.8 Å². The zero-order valence-corrected chi connectivity index (χ0v) is 14.5. The summed E-state index contributed by atoms with van der Waals surface area (Å²) in [6.07, 6.45) is 4.15. The maximum Gasteiger partial charge on any atom is 0.339 e. The molecule has 0 bridgehead atoms. The van der Waals surface area contributed by atoms with Crippen molar-refractivity contribution in [3.8, 4) is 0 Å². The summed E-state index contributed by atoms with van der Waals surface area (Å²) in [6, 6.07) is 3.29. The van der Waals surface area contributed by atoms with Crippen LogP contribution in [0.3, 0.4) is 0 Å². The zero-order chi connectivity index (χ0) is 17.6. The van der Waals surface area contributed by atoms with E-state index in [9.17, 15) is 9.90 Å². The lowest BCUT2D eigenvalue weighted by molar-refractivity contribution is 0.0697. The molecule has 2 fully saturated rings. The molecule has 132 valence electrons. The molecule has 2 N–H and O–H groups in total. The molecule has 7 nitrogen and oxygen atoms in total. The highest BCUT2D eigenvalue weighted by Crippen LogP contribution is 2.47. The van der Waals surface area contributed by atoms with E-state index in [1.807, 2.05) is 0 Å². The van der Waals surface area contributed by atoms with Gasteiger partial charge in [-0.1, -0.05) is 13.8 Å². The molecule has 3 heterocycles. The Morgan fingerprint density at radius 3 is 2.80 bits per heavy atom. The summed E-state index contributed by atoms with van der Waals surface area (Å²) in [5.74, 6) is 3.09. The van der Waals surface area contributed by atoms with Crippen molar-refractivity contribution in [3.05, 3.63) is 35.5 Å². The van der Waals surface area contributed by atoms with Crippen molar-refractivity contribution in [2.45, 2.75) is 38.5 Å². The van der Waals surface area contributed by atoms with Crippen molar-refractivity contribution in [2.24, 2.45) is 11.8 Å². The van der Waals surface area contributed by atoms with Crippen LogP contribution in [0, 0.1) is 11.8 Å². The second kappa shape index (κ2) is 6.13. The zero-order valence-electron chi connectivity index (χ0n) is 14.5. The summed E-state index contributed by atoms with van der Waals surface area (Å²) in [6.45, 7) is 5.72. The average Bonchev–Trinajstić information content (AvgIpc) is 3.15. The molecule has 4 rings (SSSR count). The minimum Gasteiger partial charge on any atom is -0.478 e. The predicted molar refractivity (Wildman–Crippen MR) is 92.8 cm³/mol. The summed E-state index contributed by atoms with van der Waals surface area (Å²) in [4.78, 5) is 22.7. The molecular formula is C18H23N5O2. The van der Waals surface area contributed by atoms with Gasteiger partial charge in [0, 0.05) is 31.1 Å². The molecule has 0 spiro atoms. The van der Waals surface area contributed by atoms with Gasteiger partial charge in [0.2, 0.25) is 0 Å². The van der Waals surface area contributed by atoms with Crippen molar-refractivity contribution in [3.63, 3.8) is 0 Å². The van der Waals surface area contributed by atoms with Crippen LogP contribution in [0.1, 0.15) is 60.5 Å². The minimum atomic E-state index is -0.934. The Morgan fingerprint density at radius 2 is 2.16 bits per heavy atom. The van der Waals surface area contributed by atoms with Crippen molar-refractivity contribution < 1.29 is 9.90 Å². The van der Waals surface area contributed by atoms with E-state index >= 15 is 0 Å². The van der Waals surface area contributed by atoms with Gasteiger partial charge in [-0.15, -0.1) is 0 Å². The van der Waals surface area contributed by atoms with E-state index in [0.717, 1.165) is 24.7 Å². The van der Waals surface area contributed by atoms with Gasteiger partial charge >= 0.3 is 5.97 Å². The Labute approximate surface area is 146 Å². The Hall–Kier alpha value is -2.44. The standard InChI is InChI=1S/C18H23N5O2/c1-10(2)15-20-16(22-21-15)14-9-23(8-13(14)11-5-6-11)17-12(18(24)25)4-3-7-19-17/h3-4,7,10-11,13-14H,5-6,8-9H2,1-2H3,(H,24,25)(H,20,21,22)/t13-,14+/m1/s1. The molecule has 0 radical (unpaired) electrons. The van der Waals surface area contributed by atoms with Crippen LogP contribution in [0.4, 0.5) is 5.82 Å². The molecule has 1 saturated carbocycles. The molecule has 0 amide bonds. The molecule has 7 heteroatoms. The molecular weight excluding hydrogens is 318 g/mol. The third-order valence-electron chi connectivity index (χ3n) is 5.30. The summed E-state index contributed by atoms with van der Waals surface area (Å²) < 4.78 is 0. The average molecular weight is 341 g/mol. The fourth-order valence-corrected chi connectivity index (χ4v) is 3.82. The third kappa shape index (κ3) is 2.99. The van der Waals surface area contributed by atoms with Gasteiger partial charge in [-0.05, 0) is 36.8 Å². The molecule has 1 saturated heterocycles. The van der Waals surface area contributed by atoms with Crippen molar-refractivity contribution in [1.82, 2.24) is 20.2 Å². The number of H-pyrrole nitrogens is 1. The number of hydrogen-bond acceptors (Lipinski definition) is 5. The number of hydrogen-bond donors (Lipinski definition) is 2. The van der Waals surface area contributed by atoms with Crippen molar-refractivity contribution in [2.75, 3.05) is 18.0 Å². The van der Waals surface area contributed by atoms with Gasteiger partial charge in [-0.25, -0.2) is 14.8 Å². The van der Waals surface area contributed by atoms with Crippen LogP contribution in [0.5, 0.6) is 0 Å². The number of carbonyl (C=O) groups is 1. The highest BCUT2D eigenvalue weighted by molar-refractivity contribution is 5.93. The van der Waals surface area contributed by atoms with E-state index in [4.69, 9.17) is 4.98 Å². The minimum absolute atomic E-state index is 0.246. The highest BCUT2D eigenvalue weighted by Gasteiger charge is 2.45. The van der Waals surface area contributed by atoms with Crippen molar-refractivity contribution in [1.29, 1.82) is 0 Å². The topological polar surface area (TPSA) is 95.0 Å². The van der Waals surface area contributed by atoms with E-state index in [1.54, 1.807) is 18.3 Å². The molecule has 2 aliphatic rings. The predicted octanol–water partition coefficient (Wildman–Crippen LogP) is 2.65. The SMILES string of the molecule is CC(C)c1n[nH]c([C@H]2CN(c3ncccc3C(=O)O)C[C@@H]2C2CC2)n1. The van der Waals surface area contributed by atoms with Gasteiger partial charge < -0.3 is 10.0 Å². The molecule has 2 aromatic rings. The summed E-state index contributed by atoms with van der Waals surface area (Å²) in [5.41, 5.74) is 0.262. The molecule has 0 unspecified atom stereocenters. The summed E-state index contributed by atoms with van der Waals surface area (Å²) in [5, 5.41) is 16.9. The maximum atomic E-state index is 11.5. The first-order chi connectivity index (χ1) is 12.0. The van der Waals surface area contributed by atoms with E-state index in [2.05, 4.69) is 33.9 Å². The van der Waals surface area contributed by atoms with E-state index in [1.165, 1.54) is 12.8 Å². The number of aromatic amines is 1. The van der Waals surface area contributed by atoms with E-state index < -0.39 is 5.97 Å². The van der Waals surface area contributed by atoms with Gasteiger partial charge in [0.15, 0.2) is 5.82 Å². The molecule has 0 aromatic carbocycles. The monoisotopic (exact) mass is 341 g/mol. The van der Waals surface area contributed by atoms with Crippen LogP contribution in [0.25, 0.3) is 0 Å². The molecule has 1 aliphatic carbocycles. The number of aromatic carboxylic acids is 1. The fourth-order valence-electron chi connectivity index (χ4n) is 3.82. The molecule has 2 aromatic heterocycles. The number of carboxylic acid groups (broad SMARTS) is 1. The fraction of sp³-hybridized carbons (Fsp3) is 0.556. The Balaban J connectivity index is 1.64. The largest absolute Gasteiger partial charge is 0.478 e. The van der Waals surface area contributed by atoms with Gasteiger partial charge in [-0.2, -0.15) is 5.10 Å². The van der Waals surface area contributed by atoms with E-state index in [0.29, 0.717) is 17.7 Å². The van der Waals surface area contributed by atoms with Gasteiger partial charge in [0.1, 0.15) is 17.2 Å². The molecule has 25 heavy (non-hydrogen) atoms. The first kappa shape index (κ1) is 16.1. The Kier molecular flexibility index (Phi) is 3.94. The quantitative estimate of drug-likeness (QED) is 0.868. The number of carboxylic acids is 1. The lowest BCUT2D eigenvalue weighted by atomic mass is 9.91. The summed E-state index contributed by atoms with van der Waals surface area (Å²) in [7, 11) is 0. The second-order valence-corrected chi connectivity index (χ2v) is 7.43. The van der Waals surface area contributed by atoms with Crippen LogP contribution in [-0.4, -0.2) is 44.3 Å². The molecule has 2 atom stereocenters. The number of anilines is 1.